The molecule has 0 amide bonds. The van der Waals surface area contributed by atoms with Crippen LogP contribution in [0.5, 0.6) is 0 Å². The molecule has 1 N–H and O–H groups in total. The molecule has 0 saturated heterocycles. The number of halogens is 1. The molecule has 0 fully saturated rings. The average molecular weight is 313 g/mol. The second-order valence-corrected chi connectivity index (χ2v) is 5.93. The largest absolute Gasteiger partial charge is 0.278 e. The molecular formula is C12H9ClN2O4S. The van der Waals surface area contributed by atoms with Gasteiger partial charge in [0.15, 0.2) is 0 Å². The molecule has 0 aliphatic heterocycles. The Morgan fingerprint density at radius 2 is 1.65 bits per heavy atom. The molecule has 0 aliphatic carbocycles. The van der Waals surface area contributed by atoms with Crippen molar-refractivity contribution in [2.45, 2.75) is 4.90 Å². The number of sulfonamides is 1. The molecule has 0 saturated carbocycles. The van der Waals surface area contributed by atoms with Gasteiger partial charge in [-0.25, -0.2) is 8.42 Å². The van der Waals surface area contributed by atoms with E-state index in [1.807, 2.05) is 0 Å². The maximum absolute atomic E-state index is 12.1. The summed E-state index contributed by atoms with van der Waals surface area (Å²) in [5, 5.41) is 10.8. The van der Waals surface area contributed by atoms with Gasteiger partial charge in [-0.15, -0.1) is 0 Å². The van der Waals surface area contributed by atoms with Crippen molar-refractivity contribution >= 4 is 33.0 Å². The minimum absolute atomic E-state index is 0.0805. The molecule has 2 rings (SSSR count). The number of hydrogen-bond donors (Lipinski definition) is 1. The van der Waals surface area contributed by atoms with Crippen molar-refractivity contribution in [3.8, 4) is 0 Å². The summed E-state index contributed by atoms with van der Waals surface area (Å²) in [5.41, 5.74) is 0.0641. The Bertz CT molecular complexity index is 744. The van der Waals surface area contributed by atoms with Gasteiger partial charge in [-0.1, -0.05) is 23.7 Å². The fraction of sp³-hybridized carbons (Fsp3) is 0. The van der Waals surface area contributed by atoms with Gasteiger partial charge < -0.3 is 0 Å². The topological polar surface area (TPSA) is 89.3 Å². The van der Waals surface area contributed by atoms with Crippen molar-refractivity contribution in [3.63, 3.8) is 0 Å². The van der Waals surface area contributed by atoms with Crippen molar-refractivity contribution in [3.05, 3.63) is 63.7 Å². The zero-order valence-corrected chi connectivity index (χ0v) is 11.6. The molecule has 0 unspecified atom stereocenters. The smallest absolute Gasteiger partial charge is 0.269 e. The molecule has 2 aromatic carbocycles. The second kappa shape index (κ2) is 5.48. The Balaban J connectivity index is 2.31. The van der Waals surface area contributed by atoms with Crippen LogP contribution in [0.1, 0.15) is 0 Å². The van der Waals surface area contributed by atoms with Gasteiger partial charge in [0.05, 0.1) is 20.5 Å². The van der Waals surface area contributed by atoms with Crippen molar-refractivity contribution in [1.82, 2.24) is 0 Å². The van der Waals surface area contributed by atoms with Crippen LogP contribution in [0.25, 0.3) is 0 Å². The monoisotopic (exact) mass is 312 g/mol. The van der Waals surface area contributed by atoms with Gasteiger partial charge in [0.2, 0.25) is 0 Å². The molecule has 0 bridgehead atoms. The third-order valence-electron chi connectivity index (χ3n) is 2.48. The van der Waals surface area contributed by atoms with E-state index in [0.29, 0.717) is 0 Å². The average Bonchev–Trinajstić information content (AvgIpc) is 2.41. The first-order chi connectivity index (χ1) is 9.40. The van der Waals surface area contributed by atoms with Crippen LogP contribution in [-0.2, 0) is 10.0 Å². The Morgan fingerprint density at radius 1 is 1.05 bits per heavy atom. The minimum atomic E-state index is -3.84. The van der Waals surface area contributed by atoms with Gasteiger partial charge in [-0.2, -0.15) is 0 Å². The molecule has 20 heavy (non-hydrogen) atoms. The lowest BCUT2D eigenvalue weighted by Crippen LogP contribution is -2.13. The Labute approximate surface area is 120 Å². The highest BCUT2D eigenvalue weighted by molar-refractivity contribution is 7.92. The fourth-order valence-electron chi connectivity index (χ4n) is 1.49. The van der Waals surface area contributed by atoms with E-state index in [0.717, 1.165) is 24.3 Å². The van der Waals surface area contributed by atoms with Gasteiger partial charge in [-0.05, 0) is 24.3 Å². The predicted octanol–water partition coefficient (Wildman–Crippen LogP) is 3.05. The summed E-state index contributed by atoms with van der Waals surface area (Å²) in [6.07, 6.45) is 0. The maximum Gasteiger partial charge on any atom is 0.269 e. The zero-order chi connectivity index (χ0) is 14.8. The van der Waals surface area contributed by atoms with E-state index in [4.69, 9.17) is 11.6 Å². The second-order valence-electron chi connectivity index (χ2n) is 3.84. The maximum atomic E-state index is 12.1. The molecular weight excluding hydrogens is 304 g/mol. The van der Waals surface area contributed by atoms with E-state index in [9.17, 15) is 18.5 Å². The van der Waals surface area contributed by atoms with Gasteiger partial charge >= 0.3 is 0 Å². The van der Waals surface area contributed by atoms with Crippen LogP contribution in [0.15, 0.2) is 53.4 Å². The molecule has 0 heterocycles. The van der Waals surface area contributed by atoms with E-state index >= 15 is 0 Å². The van der Waals surface area contributed by atoms with Gasteiger partial charge in [-0.3, -0.25) is 14.8 Å². The summed E-state index contributed by atoms with van der Waals surface area (Å²) in [5.74, 6) is 0. The lowest BCUT2D eigenvalue weighted by atomic mass is 10.3. The number of nitrogens with one attached hydrogen (secondary N) is 1. The molecule has 0 aromatic heterocycles. The van der Waals surface area contributed by atoms with Gasteiger partial charge in [0.25, 0.3) is 15.7 Å². The molecule has 8 heteroatoms. The lowest BCUT2D eigenvalue weighted by molar-refractivity contribution is -0.384. The normalized spacial score (nSPS) is 11.1. The van der Waals surface area contributed by atoms with Crippen molar-refractivity contribution in [2.75, 3.05) is 4.72 Å². The summed E-state index contributed by atoms with van der Waals surface area (Å²) in [6, 6.07) is 11.0. The number of nitro groups is 1. The van der Waals surface area contributed by atoms with Crippen LogP contribution in [0, 0.1) is 10.1 Å². The van der Waals surface area contributed by atoms with E-state index in [1.54, 1.807) is 18.2 Å². The van der Waals surface area contributed by atoms with Crippen molar-refractivity contribution < 1.29 is 13.3 Å². The summed E-state index contributed by atoms with van der Waals surface area (Å²) >= 11 is 5.87. The number of non-ortho nitro benzene ring substituents is 1. The fourth-order valence-corrected chi connectivity index (χ4v) is 2.81. The third kappa shape index (κ3) is 3.06. The van der Waals surface area contributed by atoms with Gasteiger partial charge in [0.1, 0.15) is 0 Å². The van der Waals surface area contributed by atoms with Crippen molar-refractivity contribution in [1.29, 1.82) is 0 Å². The van der Waals surface area contributed by atoms with E-state index in [2.05, 4.69) is 4.72 Å². The summed E-state index contributed by atoms with van der Waals surface area (Å²) in [7, 11) is -3.84. The minimum Gasteiger partial charge on any atom is -0.278 e. The van der Waals surface area contributed by atoms with Crippen LogP contribution < -0.4 is 4.72 Å². The summed E-state index contributed by atoms with van der Waals surface area (Å²) < 4.78 is 26.5. The Morgan fingerprint density at radius 3 is 2.20 bits per heavy atom. The Hall–Kier alpha value is -2.12. The molecule has 6 nitrogen and oxygen atoms in total. The van der Waals surface area contributed by atoms with Crippen LogP contribution in [0.2, 0.25) is 5.02 Å². The highest BCUT2D eigenvalue weighted by Crippen LogP contribution is 2.24. The van der Waals surface area contributed by atoms with E-state index in [1.165, 1.54) is 6.07 Å². The Kier molecular flexibility index (Phi) is 3.91. The van der Waals surface area contributed by atoms with Crippen molar-refractivity contribution in [2.24, 2.45) is 0 Å². The molecule has 0 atom stereocenters. The van der Waals surface area contributed by atoms with Crippen LogP contribution in [-0.4, -0.2) is 13.3 Å². The lowest BCUT2D eigenvalue weighted by Gasteiger charge is -2.09. The highest BCUT2D eigenvalue weighted by Gasteiger charge is 2.16. The van der Waals surface area contributed by atoms with E-state index < -0.39 is 14.9 Å². The van der Waals surface area contributed by atoms with Crippen LogP contribution in [0.4, 0.5) is 11.4 Å². The number of para-hydroxylation sites is 1. The molecule has 0 radical (unpaired) electrons. The number of rotatable bonds is 4. The molecule has 2 aromatic rings. The number of nitrogens with zero attached hydrogens (tertiary/aromatic N) is 1. The van der Waals surface area contributed by atoms with Crippen LogP contribution in [0.3, 0.4) is 0 Å². The summed E-state index contributed by atoms with van der Waals surface area (Å²) in [6.45, 7) is 0. The first-order valence-corrected chi connectivity index (χ1v) is 7.28. The third-order valence-corrected chi connectivity index (χ3v) is 4.19. The standard InChI is InChI=1S/C12H9ClN2O4S/c13-11-3-1-2-4-12(11)14-20(18,19)10-7-5-9(6-8-10)15(16)17/h1-8,14H. The van der Waals surface area contributed by atoms with E-state index in [-0.39, 0.29) is 21.3 Å². The SMILES string of the molecule is O=[N+]([O-])c1ccc(S(=O)(=O)Nc2ccccc2Cl)cc1. The highest BCUT2D eigenvalue weighted by atomic mass is 35.5. The first kappa shape index (κ1) is 14.3. The number of benzene rings is 2. The molecule has 104 valence electrons. The zero-order valence-electron chi connectivity index (χ0n) is 9.99. The number of nitro benzene ring substituents is 1. The number of anilines is 1. The predicted molar refractivity (Wildman–Crippen MR) is 75.4 cm³/mol. The number of hydrogen-bond acceptors (Lipinski definition) is 4. The summed E-state index contributed by atoms with van der Waals surface area (Å²) in [4.78, 5) is 9.84. The molecule has 0 aliphatic rings. The quantitative estimate of drug-likeness (QED) is 0.694. The molecule has 0 spiro atoms. The van der Waals surface area contributed by atoms with Crippen LogP contribution >= 0.6 is 11.6 Å². The van der Waals surface area contributed by atoms with Gasteiger partial charge in [0, 0.05) is 12.1 Å². The first-order valence-electron chi connectivity index (χ1n) is 5.42.